The Labute approximate surface area is 50.3 Å². The van der Waals surface area contributed by atoms with Crippen LogP contribution in [0.4, 0.5) is 0 Å². The molecule has 46 valence electrons. The second-order valence-electron chi connectivity index (χ2n) is 1.78. The van der Waals surface area contributed by atoms with E-state index in [1.165, 1.54) is 0 Å². The lowest BCUT2D eigenvalue weighted by molar-refractivity contribution is 0.262. The average molecular weight is 112 g/mol. The Hall–Kier alpha value is -0.560. The second-order valence-corrected chi connectivity index (χ2v) is 1.78. The Morgan fingerprint density at radius 1 is 1.75 bits per heavy atom. The number of aliphatic hydroxyl groups is 1. The van der Waals surface area contributed by atoms with E-state index in [4.69, 9.17) is 5.11 Å². The molecule has 0 rings (SSSR count). The molecule has 1 heteroatoms. The number of aliphatic hydroxyl groups excluding tert-OH is 1. The standard InChI is InChI=1S/C7H12O/c1-3-4-5-7(2)6-8/h3-5,7-8H,1,6H2,2H3/b5-4-/t7-/m0/s1. The first-order chi connectivity index (χ1) is 3.81. The van der Waals surface area contributed by atoms with Crippen molar-refractivity contribution < 1.29 is 5.11 Å². The van der Waals surface area contributed by atoms with Gasteiger partial charge in [0.05, 0.1) is 0 Å². The van der Waals surface area contributed by atoms with Gasteiger partial charge in [-0.2, -0.15) is 0 Å². The van der Waals surface area contributed by atoms with Gasteiger partial charge in [-0.1, -0.05) is 31.7 Å². The SMILES string of the molecule is C=C/C=C\[C@H](C)CO. The third-order valence-electron chi connectivity index (χ3n) is 0.864. The first-order valence-corrected chi connectivity index (χ1v) is 2.71. The van der Waals surface area contributed by atoms with Crippen LogP contribution in [-0.4, -0.2) is 11.7 Å². The van der Waals surface area contributed by atoms with Crippen molar-refractivity contribution in [2.75, 3.05) is 6.61 Å². The smallest absolute Gasteiger partial charge is 0.0491 e. The van der Waals surface area contributed by atoms with E-state index in [2.05, 4.69) is 6.58 Å². The molecule has 0 saturated carbocycles. The van der Waals surface area contributed by atoms with Gasteiger partial charge in [-0.25, -0.2) is 0 Å². The molecule has 0 heterocycles. The van der Waals surface area contributed by atoms with Crippen LogP contribution in [0.25, 0.3) is 0 Å². The number of rotatable bonds is 3. The predicted octanol–water partition coefficient (Wildman–Crippen LogP) is 1.36. The van der Waals surface area contributed by atoms with Crippen LogP contribution >= 0.6 is 0 Å². The van der Waals surface area contributed by atoms with Gasteiger partial charge < -0.3 is 5.11 Å². The summed E-state index contributed by atoms with van der Waals surface area (Å²) in [7, 11) is 0. The summed E-state index contributed by atoms with van der Waals surface area (Å²) in [6, 6.07) is 0. The number of allylic oxidation sites excluding steroid dienone is 2. The monoisotopic (exact) mass is 112 g/mol. The molecule has 8 heavy (non-hydrogen) atoms. The van der Waals surface area contributed by atoms with Crippen molar-refractivity contribution in [3.8, 4) is 0 Å². The maximum absolute atomic E-state index is 8.48. The Balaban J connectivity index is 3.35. The molecule has 0 aliphatic rings. The van der Waals surface area contributed by atoms with E-state index >= 15 is 0 Å². The van der Waals surface area contributed by atoms with Crippen molar-refractivity contribution in [2.45, 2.75) is 6.92 Å². The van der Waals surface area contributed by atoms with Gasteiger partial charge in [-0.3, -0.25) is 0 Å². The van der Waals surface area contributed by atoms with Crippen molar-refractivity contribution in [1.29, 1.82) is 0 Å². The molecule has 0 aromatic rings. The van der Waals surface area contributed by atoms with Gasteiger partial charge >= 0.3 is 0 Å². The van der Waals surface area contributed by atoms with Gasteiger partial charge in [0.2, 0.25) is 0 Å². The Morgan fingerprint density at radius 2 is 2.38 bits per heavy atom. The van der Waals surface area contributed by atoms with Crippen LogP contribution in [-0.2, 0) is 0 Å². The van der Waals surface area contributed by atoms with Crippen LogP contribution in [0.1, 0.15) is 6.92 Å². The minimum Gasteiger partial charge on any atom is -0.396 e. The van der Waals surface area contributed by atoms with Crippen molar-refractivity contribution in [3.05, 3.63) is 24.8 Å². The molecule has 0 saturated heterocycles. The minimum absolute atomic E-state index is 0.213. The van der Waals surface area contributed by atoms with E-state index in [0.29, 0.717) is 0 Å². The molecule has 0 aromatic heterocycles. The van der Waals surface area contributed by atoms with E-state index < -0.39 is 0 Å². The lowest BCUT2D eigenvalue weighted by Crippen LogP contribution is -1.93. The summed E-state index contributed by atoms with van der Waals surface area (Å²) in [5, 5.41) is 8.48. The van der Waals surface area contributed by atoms with Crippen molar-refractivity contribution in [1.82, 2.24) is 0 Å². The van der Waals surface area contributed by atoms with Crippen LogP contribution in [0.15, 0.2) is 24.8 Å². The highest BCUT2D eigenvalue weighted by molar-refractivity contribution is 4.98. The van der Waals surface area contributed by atoms with Gasteiger partial charge in [-0.15, -0.1) is 0 Å². The molecule has 0 aliphatic heterocycles. The molecule has 1 N–H and O–H groups in total. The van der Waals surface area contributed by atoms with Gasteiger partial charge in [0.1, 0.15) is 0 Å². The lowest BCUT2D eigenvalue weighted by Gasteiger charge is -1.95. The Kier molecular flexibility index (Phi) is 4.27. The molecule has 0 spiro atoms. The maximum atomic E-state index is 8.48. The Morgan fingerprint density at radius 3 is 2.75 bits per heavy atom. The third kappa shape index (κ3) is 3.62. The molecule has 0 fully saturated rings. The highest BCUT2D eigenvalue weighted by Gasteiger charge is 1.88. The molecule has 1 atom stereocenters. The second kappa shape index (κ2) is 4.60. The minimum atomic E-state index is 0.213. The van der Waals surface area contributed by atoms with Gasteiger partial charge in [-0.05, 0) is 5.92 Å². The van der Waals surface area contributed by atoms with Crippen LogP contribution in [0.2, 0.25) is 0 Å². The molecule has 0 aliphatic carbocycles. The zero-order chi connectivity index (χ0) is 6.41. The van der Waals surface area contributed by atoms with E-state index in [1.807, 2.05) is 19.1 Å². The average Bonchev–Trinajstić information content (AvgIpc) is 1.83. The van der Waals surface area contributed by atoms with Crippen LogP contribution in [0.3, 0.4) is 0 Å². The van der Waals surface area contributed by atoms with Crippen molar-refractivity contribution >= 4 is 0 Å². The molecule has 0 radical (unpaired) electrons. The molecular formula is C7H12O. The first kappa shape index (κ1) is 7.44. The van der Waals surface area contributed by atoms with E-state index in [1.54, 1.807) is 6.08 Å². The summed E-state index contributed by atoms with van der Waals surface area (Å²) in [6.45, 7) is 5.66. The first-order valence-electron chi connectivity index (χ1n) is 2.71. The van der Waals surface area contributed by atoms with Crippen LogP contribution < -0.4 is 0 Å². The van der Waals surface area contributed by atoms with Crippen molar-refractivity contribution in [3.63, 3.8) is 0 Å². The summed E-state index contributed by atoms with van der Waals surface area (Å²) in [6.07, 6.45) is 5.44. The summed E-state index contributed by atoms with van der Waals surface area (Å²) < 4.78 is 0. The molecule has 0 amide bonds. The summed E-state index contributed by atoms with van der Waals surface area (Å²) >= 11 is 0. The molecule has 0 aromatic carbocycles. The molecule has 0 bridgehead atoms. The van der Waals surface area contributed by atoms with Gasteiger partial charge in [0.15, 0.2) is 0 Å². The van der Waals surface area contributed by atoms with E-state index in [-0.39, 0.29) is 12.5 Å². The fourth-order valence-electron chi connectivity index (χ4n) is 0.329. The topological polar surface area (TPSA) is 20.2 Å². The zero-order valence-corrected chi connectivity index (χ0v) is 5.17. The highest BCUT2D eigenvalue weighted by atomic mass is 16.3. The van der Waals surface area contributed by atoms with Crippen LogP contribution in [0, 0.1) is 5.92 Å². The fourth-order valence-corrected chi connectivity index (χ4v) is 0.329. The van der Waals surface area contributed by atoms with Gasteiger partial charge in [0.25, 0.3) is 0 Å². The lowest BCUT2D eigenvalue weighted by atomic mass is 10.2. The number of hydrogen-bond acceptors (Lipinski definition) is 1. The Bertz CT molecular complexity index is 84.4. The quantitative estimate of drug-likeness (QED) is 0.546. The molecule has 1 nitrogen and oxygen atoms in total. The number of hydrogen-bond donors (Lipinski definition) is 1. The predicted molar refractivity (Wildman–Crippen MR) is 35.6 cm³/mol. The maximum Gasteiger partial charge on any atom is 0.0491 e. The zero-order valence-electron chi connectivity index (χ0n) is 5.17. The normalized spacial score (nSPS) is 14.2. The summed E-state index contributed by atoms with van der Waals surface area (Å²) in [5.74, 6) is 0.257. The van der Waals surface area contributed by atoms with E-state index in [0.717, 1.165) is 0 Å². The largest absolute Gasteiger partial charge is 0.396 e. The van der Waals surface area contributed by atoms with Crippen molar-refractivity contribution in [2.24, 2.45) is 5.92 Å². The summed E-state index contributed by atoms with van der Waals surface area (Å²) in [4.78, 5) is 0. The van der Waals surface area contributed by atoms with Gasteiger partial charge in [0, 0.05) is 6.61 Å². The highest BCUT2D eigenvalue weighted by Crippen LogP contribution is 1.93. The third-order valence-corrected chi connectivity index (χ3v) is 0.864. The summed E-state index contributed by atoms with van der Waals surface area (Å²) in [5.41, 5.74) is 0. The molecule has 0 unspecified atom stereocenters. The van der Waals surface area contributed by atoms with Crippen LogP contribution in [0.5, 0.6) is 0 Å². The molecular weight excluding hydrogens is 100 g/mol. The fraction of sp³-hybridized carbons (Fsp3) is 0.429. The van der Waals surface area contributed by atoms with E-state index in [9.17, 15) is 0 Å².